The van der Waals surface area contributed by atoms with E-state index >= 15 is 0 Å². The summed E-state index contributed by atoms with van der Waals surface area (Å²) in [5.74, 6) is -0.266. The molecule has 1 atom stereocenters. The van der Waals surface area contributed by atoms with Gasteiger partial charge < -0.3 is 0 Å². The molecule has 0 fully saturated rings. The van der Waals surface area contributed by atoms with E-state index in [0.29, 0.717) is 5.56 Å². The van der Waals surface area contributed by atoms with Crippen LogP contribution in [0.5, 0.6) is 0 Å². The van der Waals surface area contributed by atoms with Crippen molar-refractivity contribution < 1.29 is 4.39 Å². The van der Waals surface area contributed by atoms with Crippen molar-refractivity contribution in [1.29, 1.82) is 0 Å². The van der Waals surface area contributed by atoms with Gasteiger partial charge in [0.05, 0.1) is 5.38 Å². The molecule has 0 amide bonds. The molecule has 0 radical (unpaired) electrons. The lowest BCUT2D eigenvalue weighted by Gasteiger charge is -2.09. The lowest BCUT2D eigenvalue weighted by Crippen LogP contribution is -1.94. The predicted octanol–water partition coefficient (Wildman–Crippen LogP) is 4.98. The van der Waals surface area contributed by atoms with Crippen LogP contribution in [0.4, 0.5) is 4.39 Å². The first-order valence-electron chi connectivity index (χ1n) is 4.31. The molecule has 2 aromatic rings. The minimum atomic E-state index is -0.430. The number of benzene rings is 1. The molecule has 0 N–H and O–H groups in total. The highest BCUT2D eigenvalue weighted by Crippen LogP contribution is 2.38. The van der Waals surface area contributed by atoms with Crippen LogP contribution >= 0.6 is 38.9 Å². The van der Waals surface area contributed by atoms with E-state index in [-0.39, 0.29) is 5.82 Å². The Morgan fingerprint density at radius 2 is 2.00 bits per heavy atom. The van der Waals surface area contributed by atoms with Crippen LogP contribution in [-0.4, -0.2) is 0 Å². The average molecular weight is 306 g/mol. The Bertz CT molecular complexity index is 469. The number of hydrogen-bond donors (Lipinski definition) is 0. The molecular formula is C11H7BrClFS. The van der Waals surface area contributed by atoms with Gasteiger partial charge >= 0.3 is 0 Å². The van der Waals surface area contributed by atoms with Gasteiger partial charge in [-0.25, -0.2) is 4.39 Å². The van der Waals surface area contributed by atoms with Crippen LogP contribution in [0.3, 0.4) is 0 Å². The van der Waals surface area contributed by atoms with Gasteiger partial charge in [-0.05, 0) is 33.4 Å². The van der Waals surface area contributed by atoms with Crippen LogP contribution in [0.1, 0.15) is 15.8 Å². The Morgan fingerprint density at radius 3 is 2.60 bits per heavy atom. The fourth-order valence-electron chi connectivity index (χ4n) is 1.31. The monoisotopic (exact) mass is 304 g/mol. The quantitative estimate of drug-likeness (QED) is 0.687. The molecule has 0 aliphatic carbocycles. The van der Waals surface area contributed by atoms with Crippen molar-refractivity contribution in [3.8, 4) is 0 Å². The molecule has 0 spiro atoms. The van der Waals surface area contributed by atoms with Crippen LogP contribution in [0.2, 0.25) is 0 Å². The number of hydrogen-bond acceptors (Lipinski definition) is 1. The largest absolute Gasteiger partial charge is 0.207 e. The molecule has 0 aliphatic rings. The van der Waals surface area contributed by atoms with Gasteiger partial charge in [0.15, 0.2) is 0 Å². The van der Waals surface area contributed by atoms with E-state index in [1.54, 1.807) is 18.2 Å². The topological polar surface area (TPSA) is 0 Å². The Kier molecular flexibility index (Phi) is 3.44. The summed E-state index contributed by atoms with van der Waals surface area (Å²) in [6.45, 7) is 0. The summed E-state index contributed by atoms with van der Waals surface area (Å²) in [6, 6.07) is 8.49. The molecule has 1 heterocycles. The van der Waals surface area contributed by atoms with Crippen molar-refractivity contribution in [1.82, 2.24) is 0 Å². The van der Waals surface area contributed by atoms with Crippen molar-refractivity contribution in [2.75, 3.05) is 0 Å². The van der Waals surface area contributed by atoms with E-state index in [1.165, 1.54) is 17.4 Å². The van der Waals surface area contributed by atoms with Crippen LogP contribution in [0, 0.1) is 5.82 Å². The van der Waals surface area contributed by atoms with Crippen molar-refractivity contribution >= 4 is 38.9 Å². The number of thiophene rings is 1. The molecule has 0 saturated carbocycles. The summed E-state index contributed by atoms with van der Waals surface area (Å²) >= 11 is 11.1. The smallest absolute Gasteiger partial charge is 0.128 e. The van der Waals surface area contributed by atoms with E-state index in [0.717, 1.165) is 9.35 Å². The van der Waals surface area contributed by atoms with Gasteiger partial charge in [-0.15, -0.1) is 22.9 Å². The second-order valence-corrected chi connectivity index (χ2v) is 5.26. The average Bonchev–Trinajstić information content (AvgIpc) is 2.64. The molecule has 2 rings (SSSR count). The zero-order chi connectivity index (χ0) is 10.8. The molecule has 0 aliphatic heterocycles. The van der Waals surface area contributed by atoms with Crippen molar-refractivity contribution in [2.45, 2.75) is 5.38 Å². The van der Waals surface area contributed by atoms with Gasteiger partial charge in [-0.3, -0.25) is 0 Å². The van der Waals surface area contributed by atoms with Crippen molar-refractivity contribution in [3.63, 3.8) is 0 Å². The van der Waals surface area contributed by atoms with Crippen LogP contribution in [-0.2, 0) is 0 Å². The highest BCUT2D eigenvalue weighted by atomic mass is 79.9. The molecule has 1 unspecified atom stereocenters. The second-order valence-electron chi connectivity index (χ2n) is 3.02. The molecule has 1 aromatic carbocycles. The zero-order valence-electron chi connectivity index (χ0n) is 7.58. The molecular weight excluding hydrogens is 299 g/mol. The first-order valence-corrected chi connectivity index (χ1v) is 6.42. The summed E-state index contributed by atoms with van der Waals surface area (Å²) < 4.78 is 14.4. The summed E-state index contributed by atoms with van der Waals surface area (Å²) in [5, 5.41) is 1.50. The lowest BCUT2D eigenvalue weighted by atomic mass is 10.1. The van der Waals surface area contributed by atoms with Gasteiger partial charge in [-0.1, -0.05) is 18.2 Å². The molecule has 0 bridgehead atoms. The Balaban J connectivity index is 2.41. The van der Waals surface area contributed by atoms with Crippen LogP contribution in [0.25, 0.3) is 0 Å². The van der Waals surface area contributed by atoms with Gasteiger partial charge in [0.2, 0.25) is 0 Å². The van der Waals surface area contributed by atoms with E-state index in [4.69, 9.17) is 11.6 Å². The third-order valence-corrected chi connectivity index (χ3v) is 4.57. The zero-order valence-corrected chi connectivity index (χ0v) is 10.7. The molecule has 78 valence electrons. The lowest BCUT2D eigenvalue weighted by molar-refractivity contribution is 0.613. The first kappa shape index (κ1) is 11.1. The number of halogens is 3. The fraction of sp³-hybridized carbons (Fsp3) is 0.0909. The minimum Gasteiger partial charge on any atom is -0.207 e. The number of alkyl halides is 1. The maximum atomic E-state index is 13.5. The summed E-state index contributed by atoms with van der Waals surface area (Å²) in [5.41, 5.74) is 0.516. The SMILES string of the molecule is Fc1ccccc1C(Cl)c1sccc1Br. The van der Waals surface area contributed by atoms with Gasteiger partial charge in [0.25, 0.3) is 0 Å². The highest BCUT2D eigenvalue weighted by molar-refractivity contribution is 9.10. The van der Waals surface area contributed by atoms with E-state index in [9.17, 15) is 4.39 Å². The van der Waals surface area contributed by atoms with Crippen molar-refractivity contribution in [3.05, 3.63) is 56.4 Å². The summed E-state index contributed by atoms with van der Waals surface area (Å²) in [4.78, 5) is 0.932. The standard InChI is InChI=1S/C11H7BrClFS/c12-8-5-6-15-11(8)10(13)7-3-1-2-4-9(7)14/h1-6,10H. The third-order valence-electron chi connectivity index (χ3n) is 2.05. The maximum absolute atomic E-state index is 13.5. The van der Waals surface area contributed by atoms with Gasteiger partial charge in [0.1, 0.15) is 5.82 Å². The second kappa shape index (κ2) is 4.64. The summed E-state index contributed by atoms with van der Waals surface area (Å²) in [7, 11) is 0. The molecule has 0 saturated heterocycles. The fourth-order valence-corrected chi connectivity index (χ4v) is 3.48. The van der Waals surface area contributed by atoms with E-state index in [1.807, 2.05) is 11.4 Å². The molecule has 1 aromatic heterocycles. The Labute approximate surface area is 105 Å². The molecule has 15 heavy (non-hydrogen) atoms. The first-order chi connectivity index (χ1) is 7.20. The van der Waals surface area contributed by atoms with Gasteiger partial charge in [0, 0.05) is 14.9 Å². The summed E-state index contributed by atoms with van der Waals surface area (Å²) in [6.07, 6.45) is 0. The van der Waals surface area contributed by atoms with E-state index < -0.39 is 5.38 Å². The third kappa shape index (κ3) is 2.25. The normalized spacial score (nSPS) is 12.7. The van der Waals surface area contributed by atoms with Gasteiger partial charge in [-0.2, -0.15) is 0 Å². The molecule has 4 heteroatoms. The van der Waals surface area contributed by atoms with E-state index in [2.05, 4.69) is 15.9 Å². The highest BCUT2D eigenvalue weighted by Gasteiger charge is 2.18. The van der Waals surface area contributed by atoms with Crippen LogP contribution in [0.15, 0.2) is 40.2 Å². The minimum absolute atomic E-state index is 0.266. The maximum Gasteiger partial charge on any atom is 0.128 e. The molecule has 0 nitrogen and oxygen atoms in total. The predicted molar refractivity (Wildman–Crippen MR) is 66.1 cm³/mol. The number of rotatable bonds is 2. The Morgan fingerprint density at radius 1 is 1.27 bits per heavy atom. The van der Waals surface area contributed by atoms with Crippen LogP contribution < -0.4 is 0 Å². The Hall–Kier alpha value is -0.380. The van der Waals surface area contributed by atoms with Crippen molar-refractivity contribution in [2.24, 2.45) is 0 Å².